The van der Waals surface area contributed by atoms with Crippen LogP contribution in [0.4, 0.5) is 11.4 Å². The Labute approximate surface area is 220 Å². The van der Waals surface area contributed by atoms with E-state index in [0.717, 1.165) is 44.0 Å². The molecular formula is C34H24N2O2. The molecule has 6 aromatic rings. The molecule has 0 bridgehead atoms. The average molecular weight is 493 g/mol. The van der Waals surface area contributed by atoms with E-state index in [2.05, 4.69) is 10.6 Å². The highest BCUT2D eigenvalue weighted by Gasteiger charge is 2.11. The maximum atomic E-state index is 12.9. The van der Waals surface area contributed by atoms with E-state index in [1.807, 2.05) is 133 Å². The highest BCUT2D eigenvalue weighted by molar-refractivity contribution is 6.13. The number of rotatable bonds is 5. The smallest absolute Gasteiger partial charge is 0.256 e. The van der Waals surface area contributed by atoms with Gasteiger partial charge in [0.05, 0.1) is 0 Å². The lowest BCUT2D eigenvalue weighted by atomic mass is 10.0. The maximum Gasteiger partial charge on any atom is 0.256 e. The summed E-state index contributed by atoms with van der Waals surface area (Å²) in [6.45, 7) is 0. The van der Waals surface area contributed by atoms with Gasteiger partial charge in [-0.3, -0.25) is 9.59 Å². The van der Waals surface area contributed by atoms with Crippen molar-refractivity contribution < 1.29 is 9.59 Å². The van der Waals surface area contributed by atoms with Crippen LogP contribution in [0.25, 0.3) is 32.7 Å². The molecule has 0 spiro atoms. The molecule has 0 unspecified atom stereocenters. The minimum atomic E-state index is -0.153. The van der Waals surface area contributed by atoms with Gasteiger partial charge in [0.25, 0.3) is 11.8 Å². The summed E-state index contributed by atoms with van der Waals surface area (Å²) in [7, 11) is 0. The highest BCUT2D eigenvalue weighted by Crippen LogP contribution is 2.26. The predicted octanol–water partition coefficient (Wildman–Crippen LogP) is 8.16. The first kappa shape index (κ1) is 23.2. The molecule has 2 N–H and O–H groups in total. The van der Waals surface area contributed by atoms with E-state index in [-0.39, 0.29) is 11.8 Å². The molecule has 38 heavy (non-hydrogen) atoms. The maximum absolute atomic E-state index is 12.9. The Morgan fingerprint density at radius 1 is 0.447 bits per heavy atom. The fourth-order valence-electron chi connectivity index (χ4n) is 4.71. The van der Waals surface area contributed by atoms with Crippen molar-refractivity contribution in [1.82, 2.24) is 0 Å². The lowest BCUT2D eigenvalue weighted by molar-refractivity contribution is 0.101. The summed E-state index contributed by atoms with van der Waals surface area (Å²) in [5, 5.41) is 10.1. The summed E-state index contributed by atoms with van der Waals surface area (Å²) in [5.74, 6) is -0.296. The zero-order valence-corrected chi connectivity index (χ0v) is 20.5. The van der Waals surface area contributed by atoms with Gasteiger partial charge in [-0.1, -0.05) is 97.1 Å². The topological polar surface area (TPSA) is 58.2 Å². The summed E-state index contributed by atoms with van der Waals surface area (Å²) in [4.78, 5) is 25.8. The van der Waals surface area contributed by atoms with E-state index in [4.69, 9.17) is 0 Å². The second-order valence-electron chi connectivity index (χ2n) is 9.12. The van der Waals surface area contributed by atoms with Gasteiger partial charge in [-0.25, -0.2) is 0 Å². The Morgan fingerprint density at radius 2 is 1.00 bits per heavy atom. The Hall–Kier alpha value is -5.22. The minimum Gasteiger partial charge on any atom is -0.322 e. The number of carbonyl (C=O) groups is 2. The molecule has 2 amide bonds. The second kappa shape index (κ2) is 10.0. The third-order valence-electron chi connectivity index (χ3n) is 6.70. The first-order valence-electron chi connectivity index (χ1n) is 12.4. The van der Waals surface area contributed by atoms with E-state index in [9.17, 15) is 9.59 Å². The van der Waals surface area contributed by atoms with Crippen LogP contribution in [0.3, 0.4) is 0 Å². The largest absolute Gasteiger partial charge is 0.322 e. The van der Waals surface area contributed by atoms with Crippen molar-refractivity contribution in [2.24, 2.45) is 0 Å². The predicted molar refractivity (Wildman–Crippen MR) is 156 cm³/mol. The summed E-state index contributed by atoms with van der Waals surface area (Å²) in [5.41, 5.74) is 4.72. The summed E-state index contributed by atoms with van der Waals surface area (Å²) in [6, 6.07) is 42.7. The van der Waals surface area contributed by atoms with Gasteiger partial charge in [0.15, 0.2) is 0 Å². The van der Waals surface area contributed by atoms with E-state index < -0.39 is 0 Å². The third-order valence-corrected chi connectivity index (χ3v) is 6.70. The lowest BCUT2D eigenvalue weighted by Crippen LogP contribution is -2.12. The molecule has 0 aliphatic rings. The molecular weight excluding hydrogens is 468 g/mol. The number of carbonyl (C=O) groups excluding carboxylic acids is 2. The Bertz CT molecular complexity index is 1780. The van der Waals surface area contributed by atoms with Crippen molar-refractivity contribution in [3.63, 3.8) is 0 Å². The van der Waals surface area contributed by atoms with Crippen LogP contribution in [0.1, 0.15) is 20.7 Å². The van der Waals surface area contributed by atoms with Crippen molar-refractivity contribution in [1.29, 1.82) is 0 Å². The van der Waals surface area contributed by atoms with Gasteiger partial charge in [-0.05, 0) is 63.7 Å². The van der Waals surface area contributed by atoms with E-state index in [1.54, 1.807) is 0 Å². The molecule has 4 heteroatoms. The van der Waals surface area contributed by atoms with Crippen molar-refractivity contribution in [2.45, 2.75) is 0 Å². The molecule has 4 nitrogen and oxygen atoms in total. The van der Waals surface area contributed by atoms with Crippen LogP contribution >= 0.6 is 0 Å². The molecule has 6 aromatic carbocycles. The molecule has 0 saturated heterocycles. The molecule has 0 aliphatic heterocycles. The Balaban J connectivity index is 1.15. The van der Waals surface area contributed by atoms with Crippen LogP contribution in [-0.4, -0.2) is 11.8 Å². The number of anilines is 2. The van der Waals surface area contributed by atoms with Gasteiger partial charge in [0.2, 0.25) is 0 Å². The molecule has 6 rings (SSSR count). The molecule has 0 heterocycles. The van der Waals surface area contributed by atoms with Crippen molar-refractivity contribution in [3.05, 3.63) is 145 Å². The van der Waals surface area contributed by atoms with Gasteiger partial charge >= 0.3 is 0 Å². The highest BCUT2D eigenvalue weighted by atomic mass is 16.2. The third kappa shape index (κ3) is 4.63. The van der Waals surface area contributed by atoms with Crippen molar-refractivity contribution in [3.8, 4) is 11.1 Å². The van der Waals surface area contributed by atoms with Crippen LogP contribution in [-0.2, 0) is 0 Å². The van der Waals surface area contributed by atoms with Crippen molar-refractivity contribution in [2.75, 3.05) is 10.6 Å². The molecule has 0 aromatic heterocycles. The fraction of sp³-hybridized carbons (Fsp3) is 0. The summed E-state index contributed by atoms with van der Waals surface area (Å²) in [6.07, 6.45) is 0. The summed E-state index contributed by atoms with van der Waals surface area (Å²) >= 11 is 0. The van der Waals surface area contributed by atoms with E-state index >= 15 is 0 Å². The van der Waals surface area contributed by atoms with Gasteiger partial charge in [0.1, 0.15) is 0 Å². The van der Waals surface area contributed by atoms with Crippen LogP contribution in [0.5, 0.6) is 0 Å². The summed E-state index contributed by atoms with van der Waals surface area (Å²) < 4.78 is 0. The van der Waals surface area contributed by atoms with Gasteiger partial charge < -0.3 is 10.6 Å². The number of amides is 2. The average Bonchev–Trinajstić information content (AvgIpc) is 2.97. The standard InChI is InChI=1S/C34H24N2O2/c37-33(36-32-14-6-10-26-8-2-4-12-30(26)32)27-17-15-23(16-18-27)24-19-21-28(22-20-24)35-34(38)31-13-5-9-25-7-1-3-11-29(25)31/h1-22H,(H,35,38)(H,36,37). The lowest BCUT2D eigenvalue weighted by Gasteiger charge is -2.10. The minimum absolute atomic E-state index is 0.142. The first-order valence-corrected chi connectivity index (χ1v) is 12.4. The zero-order chi connectivity index (χ0) is 25.9. The second-order valence-corrected chi connectivity index (χ2v) is 9.12. The number of nitrogens with one attached hydrogen (secondary N) is 2. The first-order chi connectivity index (χ1) is 18.7. The monoisotopic (exact) mass is 492 g/mol. The Kier molecular flexibility index (Phi) is 6.12. The van der Waals surface area contributed by atoms with Crippen molar-refractivity contribution >= 4 is 44.7 Å². The van der Waals surface area contributed by atoms with Gasteiger partial charge in [-0.2, -0.15) is 0 Å². The number of hydrogen-bond donors (Lipinski definition) is 2. The molecule has 0 saturated carbocycles. The van der Waals surface area contributed by atoms with Crippen LogP contribution < -0.4 is 10.6 Å². The SMILES string of the molecule is O=C(Nc1cccc2ccccc12)c1ccc(-c2ccc(NC(=O)c3cccc4ccccc34)cc2)cc1. The normalized spacial score (nSPS) is 10.8. The quantitative estimate of drug-likeness (QED) is 0.255. The molecule has 182 valence electrons. The molecule has 0 radical (unpaired) electrons. The number of hydrogen-bond acceptors (Lipinski definition) is 2. The van der Waals surface area contributed by atoms with Gasteiger partial charge in [-0.15, -0.1) is 0 Å². The van der Waals surface area contributed by atoms with E-state index in [1.165, 1.54) is 0 Å². The Morgan fingerprint density at radius 3 is 1.71 bits per heavy atom. The van der Waals surface area contributed by atoms with Crippen LogP contribution in [0.15, 0.2) is 133 Å². The molecule has 0 aliphatic carbocycles. The van der Waals surface area contributed by atoms with Crippen LogP contribution in [0.2, 0.25) is 0 Å². The number of fused-ring (bicyclic) bond motifs is 2. The number of benzene rings is 6. The fourth-order valence-corrected chi connectivity index (χ4v) is 4.71. The molecule has 0 atom stereocenters. The van der Waals surface area contributed by atoms with E-state index in [0.29, 0.717) is 11.1 Å². The van der Waals surface area contributed by atoms with Gasteiger partial charge in [0, 0.05) is 27.9 Å². The van der Waals surface area contributed by atoms with Crippen LogP contribution in [0, 0.1) is 0 Å². The molecule has 0 fully saturated rings. The zero-order valence-electron chi connectivity index (χ0n) is 20.5.